The zero-order valence-corrected chi connectivity index (χ0v) is 16.3. The fraction of sp³-hybridized carbons (Fsp3) is 0.316. The normalized spacial score (nSPS) is 12.3. The summed E-state index contributed by atoms with van der Waals surface area (Å²) in [6.45, 7) is 3.86. The first kappa shape index (κ1) is 20.7. The van der Waals surface area contributed by atoms with Gasteiger partial charge in [-0.05, 0) is 44.2 Å². The van der Waals surface area contributed by atoms with Gasteiger partial charge in [0.2, 0.25) is 15.9 Å². The minimum atomic E-state index is -3.78. The minimum absolute atomic E-state index is 0.0936. The van der Waals surface area contributed by atoms with E-state index in [4.69, 9.17) is 4.74 Å². The third-order valence-electron chi connectivity index (χ3n) is 3.84. The van der Waals surface area contributed by atoms with Crippen molar-refractivity contribution in [2.45, 2.75) is 19.9 Å². The van der Waals surface area contributed by atoms with Crippen molar-refractivity contribution in [1.29, 1.82) is 0 Å². The summed E-state index contributed by atoms with van der Waals surface area (Å²) < 4.78 is 44.2. The number of carbonyl (C=O) groups is 1. The Labute approximate surface area is 159 Å². The highest BCUT2D eigenvalue weighted by molar-refractivity contribution is 7.92. The lowest BCUT2D eigenvalue weighted by molar-refractivity contribution is -0.121. The van der Waals surface area contributed by atoms with E-state index < -0.39 is 27.8 Å². The van der Waals surface area contributed by atoms with Crippen molar-refractivity contribution >= 4 is 21.6 Å². The number of rotatable bonds is 8. The maximum Gasteiger partial charge on any atom is 0.243 e. The van der Waals surface area contributed by atoms with Crippen LogP contribution in [0.5, 0.6) is 5.75 Å². The molecule has 0 aliphatic heterocycles. The number of carbonyl (C=O) groups excluding carboxylic acids is 1. The molecule has 1 unspecified atom stereocenters. The molecule has 0 aromatic heterocycles. The number of nitrogens with zero attached hydrogens (tertiary/aromatic N) is 1. The van der Waals surface area contributed by atoms with Gasteiger partial charge in [-0.1, -0.05) is 23.8 Å². The molecule has 1 atom stereocenters. The third kappa shape index (κ3) is 5.96. The molecule has 2 aromatic rings. The Bertz CT molecular complexity index is 885. The van der Waals surface area contributed by atoms with E-state index in [9.17, 15) is 17.6 Å². The number of anilines is 1. The van der Waals surface area contributed by atoms with Crippen LogP contribution >= 0.6 is 0 Å². The number of benzene rings is 2. The molecular formula is C19H23FN2O4S. The summed E-state index contributed by atoms with van der Waals surface area (Å²) in [4.78, 5) is 12.4. The third-order valence-corrected chi connectivity index (χ3v) is 5.08. The largest absolute Gasteiger partial charge is 0.492 e. The summed E-state index contributed by atoms with van der Waals surface area (Å²) in [6.07, 6.45) is 0.974. The van der Waals surface area contributed by atoms with Crippen molar-refractivity contribution in [3.05, 3.63) is 59.9 Å². The molecular weight excluding hydrogens is 371 g/mol. The highest BCUT2D eigenvalue weighted by Crippen LogP contribution is 2.21. The van der Waals surface area contributed by atoms with Crippen LogP contribution in [0, 0.1) is 12.7 Å². The van der Waals surface area contributed by atoms with E-state index in [1.54, 1.807) is 0 Å². The van der Waals surface area contributed by atoms with Crippen LogP contribution in [0.1, 0.15) is 12.5 Å². The monoisotopic (exact) mass is 394 g/mol. The number of amides is 1. The molecule has 0 radical (unpaired) electrons. The average Bonchev–Trinajstić information content (AvgIpc) is 2.59. The predicted molar refractivity (Wildman–Crippen MR) is 103 cm³/mol. The van der Waals surface area contributed by atoms with Gasteiger partial charge in [-0.25, -0.2) is 12.8 Å². The fourth-order valence-electron chi connectivity index (χ4n) is 2.55. The Hall–Kier alpha value is -2.61. The van der Waals surface area contributed by atoms with Crippen LogP contribution in [0.3, 0.4) is 0 Å². The number of nitrogens with one attached hydrogen (secondary N) is 1. The van der Waals surface area contributed by atoms with Crippen molar-refractivity contribution in [3.8, 4) is 5.75 Å². The molecule has 0 heterocycles. The first-order valence-corrected chi connectivity index (χ1v) is 10.3. The van der Waals surface area contributed by atoms with Crippen molar-refractivity contribution < 1.29 is 22.3 Å². The Balaban J connectivity index is 1.97. The van der Waals surface area contributed by atoms with Crippen molar-refractivity contribution in [1.82, 2.24) is 5.32 Å². The lowest BCUT2D eigenvalue weighted by atomic mass is 10.2. The second-order valence-electron chi connectivity index (χ2n) is 6.17. The first-order chi connectivity index (χ1) is 12.7. The summed E-state index contributed by atoms with van der Waals surface area (Å²) in [5.41, 5.74) is 1.21. The molecule has 0 saturated heterocycles. The molecule has 0 aliphatic rings. The van der Waals surface area contributed by atoms with Crippen LogP contribution in [-0.4, -0.2) is 39.8 Å². The van der Waals surface area contributed by atoms with Gasteiger partial charge in [0.1, 0.15) is 24.2 Å². The number of aryl methyl sites for hydroxylation is 1. The summed E-state index contributed by atoms with van der Waals surface area (Å²) in [6, 6.07) is 11.6. The van der Waals surface area contributed by atoms with E-state index in [2.05, 4.69) is 5.32 Å². The summed E-state index contributed by atoms with van der Waals surface area (Å²) in [5.74, 6) is -0.405. The lowest BCUT2D eigenvalue weighted by Crippen LogP contribution is -2.48. The Morgan fingerprint density at radius 1 is 1.22 bits per heavy atom. The molecule has 6 nitrogen and oxygen atoms in total. The van der Waals surface area contributed by atoms with Gasteiger partial charge < -0.3 is 10.1 Å². The van der Waals surface area contributed by atoms with E-state index in [1.165, 1.54) is 25.1 Å². The predicted octanol–water partition coefficient (Wildman–Crippen LogP) is 2.48. The highest BCUT2D eigenvalue weighted by Gasteiger charge is 2.29. The summed E-state index contributed by atoms with van der Waals surface area (Å²) >= 11 is 0. The molecule has 2 aromatic carbocycles. The molecule has 1 amide bonds. The SMILES string of the molecule is Cc1ccc(OCCNC(=O)C(C)N(c2cccc(F)c2)S(C)(=O)=O)cc1. The molecule has 8 heteroatoms. The Morgan fingerprint density at radius 3 is 2.48 bits per heavy atom. The molecule has 0 aliphatic carbocycles. The van der Waals surface area contributed by atoms with Crippen LogP contribution < -0.4 is 14.4 Å². The van der Waals surface area contributed by atoms with Crippen molar-refractivity contribution in [3.63, 3.8) is 0 Å². The van der Waals surface area contributed by atoms with E-state index in [-0.39, 0.29) is 18.8 Å². The van der Waals surface area contributed by atoms with Crippen LogP contribution in [0.15, 0.2) is 48.5 Å². The molecule has 0 fully saturated rings. The molecule has 2 rings (SSSR count). The molecule has 146 valence electrons. The maximum atomic E-state index is 13.5. The van der Waals surface area contributed by atoms with E-state index in [1.807, 2.05) is 31.2 Å². The van der Waals surface area contributed by atoms with E-state index >= 15 is 0 Å². The van der Waals surface area contributed by atoms with Crippen molar-refractivity contribution in [2.75, 3.05) is 23.7 Å². The first-order valence-electron chi connectivity index (χ1n) is 8.40. The van der Waals surface area contributed by atoms with E-state index in [0.29, 0.717) is 5.75 Å². The smallest absolute Gasteiger partial charge is 0.243 e. The Morgan fingerprint density at radius 2 is 1.89 bits per heavy atom. The zero-order valence-electron chi connectivity index (χ0n) is 15.5. The molecule has 1 N–H and O–H groups in total. The van der Waals surface area contributed by atoms with Crippen LogP contribution in [-0.2, 0) is 14.8 Å². The van der Waals surface area contributed by atoms with Crippen LogP contribution in [0.4, 0.5) is 10.1 Å². The number of halogens is 1. The van der Waals surface area contributed by atoms with Gasteiger partial charge in [-0.2, -0.15) is 0 Å². The Kier molecular flexibility index (Phi) is 6.79. The second kappa shape index (κ2) is 8.85. The van der Waals surface area contributed by atoms with Crippen LogP contribution in [0.25, 0.3) is 0 Å². The summed E-state index contributed by atoms with van der Waals surface area (Å²) in [7, 11) is -3.78. The molecule has 0 bridgehead atoms. The van der Waals surface area contributed by atoms with Gasteiger partial charge in [0, 0.05) is 0 Å². The number of ether oxygens (including phenoxy) is 1. The van der Waals surface area contributed by atoms with Gasteiger partial charge in [0.25, 0.3) is 0 Å². The van der Waals surface area contributed by atoms with Gasteiger partial charge in [0.15, 0.2) is 0 Å². The van der Waals surface area contributed by atoms with Gasteiger partial charge >= 0.3 is 0 Å². The van der Waals surface area contributed by atoms with Gasteiger partial charge in [-0.15, -0.1) is 0 Å². The highest BCUT2D eigenvalue weighted by atomic mass is 32.2. The van der Waals surface area contributed by atoms with Crippen molar-refractivity contribution in [2.24, 2.45) is 0 Å². The molecule has 0 spiro atoms. The quantitative estimate of drug-likeness (QED) is 0.698. The molecule has 27 heavy (non-hydrogen) atoms. The lowest BCUT2D eigenvalue weighted by Gasteiger charge is -2.28. The zero-order chi connectivity index (χ0) is 20.0. The number of hydrogen-bond donors (Lipinski definition) is 1. The van der Waals surface area contributed by atoms with Gasteiger partial charge in [0.05, 0.1) is 18.5 Å². The fourth-order valence-corrected chi connectivity index (χ4v) is 3.71. The molecule has 0 saturated carbocycles. The van der Waals surface area contributed by atoms with Gasteiger partial charge in [-0.3, -0.25) is 9.10 Å². The maximum absolute atomic E-state index is 13.5. The van der Waals surface area contributed by atoms with Crippen LogP contribution in [0.2, 0.25) is 0 Å². The number of hydrogen-bond acceptors (Lipinski definition) is 4. The summed E-state index contributed by atoms with van der Waals surface area (Å²) in [5, 5.41) is 2.64. The number of sulfonamides is 1. The second-order valence-corrected chi connectivity index (χ2v) is 8.03. The standard InChI is InChI=1S/C19H23FN2O4S/c1-14-7-9-18(10-8-14)26-12-11-21-19(23)15(2)22(27(3,24)25)17-6-4-5-16(20)13-17/h4-10,13,15H,11-12H2,1-3H3,(H,21,23). The topological polar surface area (TPSA) is 75.7 Å². The van der Waals surface area contributed by atoms with E-state index in [0.717, 1.165) is 22.2 Å². The minimum Gasteiger partial charge on any atom is -0.492 e. The average molecular weight is 394 g/mol.